The van der Waals surface area contributed by atoms with Crippen molar-refractivity contribution in [1.82, 2.24) is 10.2 Å². The molecule has 1 rings (SSSR count). The van der Waals surface area contributed by atoms with Crippen molar-refractivity contribution in [3.05, 3.63) is 35.9 Å². The molecule has 0 saturated heterocycles. The van der Waals surface area contributed by atoms with Gasteiger partial charge in [0, 0.05) is 7.11 Å². The number of hydrogen-bond acceptors (Lipinski definition) is 3. The van der Waals surface area contributed by atoms with Gasteiger partial charge in [0.25, 0.3) is 0 Å². The Labute approximate surface area is 118 Å². The summed E-state index contributed by atoms with van der Waals surface area (Å²) in [5.74, 6) is 0. The third-order valence-electron chi connectivity index (χ3n) is 3.47. The highest BCUT2D eigenvalue weighted by molar-refractivity contribution is 5.18. The Morgan fingerprint density at radius 1 is 1.16 bits per heavy atom. The molecule has 0 amide bonds. The van der Waals surface area contributed by atoms with E-state index in [1.54, 1.807) is 7.11 Å². The Kier molecular flexibility index (Phi) is 8.47. The molecule has 3 nitrogen and oxygen atoms in total. The molecule has 0 aliphatic heterocycles. The van der Waals surface area contributed by atoms with Crippen molar-refractivity contribution in [3.8, 4) is 0 Å². The van der Waals surface area contributed by atoms with Crippen LogP contribution in [-0.2, 0) is 4.74 Å². The molecular weight excluding hydrogens is 236 g/mol. The summed E-state index contributed by atoms with van der Waals surface area (Å²) < 4.78 is 5.31. The molecule has 3 heteroatoms. The van der Waals surface area contributed by atoms with Crippen molar-refractivity contribution in [3.63, 3.8) is 0 Å². The van der Waals surface area contributed by atoms with Crippen LogP contribution in [0, 0.1) is 0 Å². The Bertz CT molecular complexity index is 312. The molecule has 1 atom stereocenters. The average molecular weight is 264 g/mol. The molecule has 1 N–H and O–H groups in total. The smallest absolute Gasteiger partial charge is 0.0657 e. The Morgan fingerprint density at radius 2 is 1.84 bits per heavy atom. The average Bonchev–Trinajstić information content (AvgIpc) is 2.47. The predicted molar refractivity (Wildman–Crippen MR) is 81.5 cm³/mol. The Morgan fingerprint density at radius 3 is 2.42 bits per heavy atom. The van der Waals surface area contributed by atoms with Crippen LogP contribution in [0.2, 0.25) is 0 Å². The van der Waals surface area contributed by atoms with Crippen LogP contribution in [0.15, 0.2) is 30.3 Å². The zero-order valence-electron chi connectivity index (χ0n) is 12.6. The summed E-state index contributed by atoms with van der Waals surface area (Å²) >= 11 is 0. The number of benzene rings is 1. The minimum atomic E-state index is 0.294. The normalized spacial score (nSPS) is 12.8. The molecular formula is C16H28N2O. The van der Waals surface area contributed by atoms with Gasteiger partial charge in [0.1, 0.15) is 0 Å². The molecule has 108 valence electrons. The molecule has 0 saturated carbocycles. The Balaban J connectivity index is 2.34. The Hall–Kier alpha value is -0.900. The topological polar surface area (TPSA) is 24.5 Å². The lowest BCUT2D eigenvalue weighted by Crippen LogP contribution is -2.30. The predicted octanol–water partition coefficient (Wildman–Crippen LogP) is 2.70. The second kappa shape index (κ2) is 9.96. The highest BCUT2D eigenvalue weighted by Gasteiger charge is 2.09. The van der Waals surface area contributed by atoms with Gasteiger partial charge in [-0.25, -0.2) is 0 Å². The molecule has 0 fully saturated rings. The van der Waals surface area contributed by atoms with Gasteiger partial charge >= 0.3 is 0 Å². The maximum Gasteiger partial charge on any atom is 0.0657 e. The monoisotopic (exact) mass is 264 g/mol. The molecule has 1 aromatic carbocycles. The minimum absolute atomic E-state index is 0.294. The van der Waals surface area contributed by atoms with Crippen LogP contribution in [0.4, 0.5) is 0 Å². The maximum absolute atomic E-state index is 5.31. The number of methoxy groups -OCH3 is 1. The second-order valence-electron chi connectivity index (χ2n) is 4.75. The van der Waals surface area contributed by atoms with E-state index in [2.05, 4.69) is 48.3 Å². The van der Waals surface area contributed by atoms with Crippen molar-refractivity contribution in [1.29, 1.82) is 0 Å². The highest BCUT2D eigenvalue weighted by atomic mass is 16.5. The van der Waals surface area contributed by atoms with Gasteiger partial charge in [0.15, 0.2) is 0 Å². The first-order valence-electron chi connectivity index (χ1n) is 7.31. The first-order valence-corrected chi connectivity index (χ1v) is 7.31. The van der Waals surface area contributed by atoms with Crippen LogP contribution in [0.5, 0.6) is 0 Å². The molecule has 1 unspecified atom stereocenters. The summed E-state index contributed by atoms with van der Waals surface area (Å²) in [6, 6.07) is 10.8. The van der Waals surface area contributed by atoms with E-state index in [0.717, 1.165) is 32.8 Å². The first kappa shape index (κ1) is 16.2. The standard InChI is InChI=1S/C16H28N2O/c1-4-18(5-2)13-9-12-17-16(14-19-3)15-10-7-6-8-11-15/h6-8,10-11,16-17H,4-5,9,12-14H2,1-3H3. The van der Waals surface area contributed by atoms with Gasteiger partial charge in [-0.2, -0.15) is 0 Å². The SMILES string of the molecule is CCN(CC)CCCNC(COC)c1ccccc1. The number of rotatable bonds is 10. The molecule has 0 aromatic heterocycles. The molecule has 0 spiro atoms. The van der Waals surface area contributed by atoms with Gasteiger partial charge in [0.2, 0.25) is 0 Å². The lowest BCUT2D eigenvalue weighted by atomic mass is 10.1. The van der Waals surface area contributed by atoms with Crippen molar-refractivity contribution < 1.29 is 4.74 Å². The van der Waals surface area contributed by atoms with Gasteiger partial charge in [-0.3, -0.25) is 0 Å². The van der Waals surface area contributed by atoms with E-state index in [1.165, 1.54) is 12.0 Å². The van der Waals surface area contributed by atoms with Crippen molar-refractivity contribution in [2.75, 3.05) is 39.9 Å². The molecule has 0 radical (unpaired) electrons. The van der Waals surface area contributed by atoms with Gasteiger partial charge in [-0.15, -0.1) is 0 Å². The highest BCUT2D eigenvalue weighted by Crippen LogP contribution is 2.12. The fourth-order valence-corrected chi connectivity index (χ4v) is 2.24. The number of hydrogen-bond donors (Lipinski definition) is 1. The molecule has 0 bridgehead atoms. The molecule has 0 aliphatic rings. The van der Waals surface area contributed by atoms with E-state index < -0.39 is 0 Å². The van der Waals surface area contributed by atoms with E-state index in [0.29, 0.717) is 6.04 Å². The van der Waals surface area contributed by atoms with Crippen LogP contribution in [0.3, 0.4) is 0 Å². The fraction of sp³-hybridized carbons (Fsp3) is 0.625. The lowest BCUT2D eigenvalue weighted by Gasteiger charge is -2.21. The first-order chi connectivity index (χ1) is 9.31. The maximum atomic E-state index is 5.31. The van der Waals surface area contributed by atoms with Crippen LogP contribution >= 0.6 is 0 Å². The lowest BCUT2D eigenvalue weighted by molar-refractivity contribution is 0.166. The number of nitrogens with zero attached hydrogens (tertiary/aromatic N) is 1. The zero-order valence-corrected chi connectivity index (χ0v) is 12.6. The molecule has 1 aromatic rings. The summed E-state index contributed by atoms with van der Waals surface area (Å²) in [4.78, 5) is 2.45. The fourth-order valence-electron chi connectivity index (χ4n) is 2.24. The van der Waals surface area contributed by atoms with Crippen LogP contribution in [0.25, 0.3) is 0 Å². The largest absolute Gasteiger partial charge is 0.383 e. The summed E-state index contributed by atoms with van der Waals surface area (Å²) in [6.45, 7) is 9.61. The third kappa shape index (κ3) is 6.19. The van der Waals surface area contributed by atoms with Gasteiger partial charge in [0.05, 0.1) is 12.6 Å². The van der Waals surface area contributed by atoms with E-state index >= 15 is 0 Å². The van der Waals surface area contributed by atoms with Crippen LogP contribution < -0.4 is 5.32 Å². The van der Waals surface area contributed by atoms with Gasteiger partial charge < -0.3 is 15.0 Å². The molecule has 0 aliphatic carbocycles. The van der Waals surface area contributed by atoms with Crippen molar-refractivity contribution in [2.24, 2.45) is 0 Å². The van der Waals surface area contributed by atoms with Gasteiger partial charge in [-0.05, 0) is 38.2 Å². The van der Waals surface area contributed by atoms with Crippen LogP contribution in [-0.4, -0.2) is 44.8 Å². The van der Waals surface area contributed by atoms with E-state index in [-0.39, 0.29) is 0 Å². The summed E-state index contributed by atoms with van der Waals surface area (Å²) in [7, 11) is 1.76. The van der Waals surface area contributed by atoms with E-state index in [4.69, 9.17) is 4.74 Å². The summed E-state index contributed by atoms with van der Waals surface area (Å²) in [6.07, 6.45) is 1.18. The third-order valence-corrected chi connectivity index (χ3v) is 3.47. The number of ether oxygens (including phenoxy) is 1. The second-order valence-corrected chi connectivity index (χ2v) is 4.75. The quantitative estimate of drug-likeness (QED) is 0.658. The van der Waals surface area contributed by atoms with Crippen molar-refractivity contribution in [2.45, 2.75) is 26.3 Å². The zero-order chi connectivity index (χ0) is 13.9. The molecule has 0 heterocycles. The molecule has 19 heavy (non-hydrogen) atoms. The number of nitrogens with one attached hydrogen (secondary N) is 1. The van der Waals surface area contributed by atoms with Gasteiger partial charge in [-0.1, -0.05) is 44.2 Å². The van der Waals surface area contributed by atoms with E-state index in [9.17, 15) is 0 Å². The minimum Gasteiger partial charge on any atom is -0.383 e. The van der Waals surface area contributed by atoms with E-state index in [1.807, 2.05) is 6.07 Å². The summed E-state index contributed by atoms with van der Waals surface area (Å²) in [5.41, 5.74) is 1.30. The van der Waals surface area contributed by atoms with Crippen molar-refractivity contribution >= 4 is 0 Å². The summed E-state index contributed by atoms with van der Waals surface area (Å²) in [5, 5.41) is 3.59. The van der Waals surface area contributed by atoms with Crippen LogP contribution in [0.1, 0.15) is 31.9 Å².